The van der Waals surface area contributed by atoms with Crippen molar-refractivity contribution in [3.63, 3.8) is 0 Å². The van der Waals surface area contributed by atoms with Crippen molar-refractivity contribution in [3.8, 4) is 0 Å². The second-order valence-corrected chi connectivity index (χ2v) is 4.71. The van der Waals surface area contributed by atoms with E-state index < -0.39 is 0 Å². The summed E-state index contributed by atoms with van der Waals surface area (Å²) in [5.74, 6) is 0. The van der Waals surface area contributed by atoms with Crippen LogP contribution in [-0.2, 0) is 0 Å². The SMILES string of the molecule is NC(CO)c1ccc2c(c1)sc1nccn12. The van der Waals surface area contributed by atoms with Gasteiger partial charge in [-0.15, -0.1) is 0 Å². The Morgan fingerprint density at radius 3 is 3.19 bits per heavy atom. The van der Waals surface area contributed by atoms with Crippen molar-refractivity contribution in [2.24, 2.45) is 5.73 Å². The number of hydrogen-bond donors (Lipinski definition) is 2. The van der Waals surface area contributed by atoms with Crippen molar-refractivity contribution in [2.45, 2.75) is 6.04 Å². The molecule has 0 aliphatic heterocycles. The van der Waals surface area contributed by atoms with Crippen LogP contribution in [0.15, 0.2) is 30.6 Å². The Kier molecular flexibility index (Phi) is 2.17. The van der Waals surface area contributed by atoms with E-state index in [-0.39, 0.29) is 12.6 Å². The van der Waals surface area contributed by atoms with Gasteiger partial charge in [-0.3, -0.25) is 4.40 Å². The molecule has 82 valence electrons. The third-order valence-electron chi connectivity index (χ3n) is 2.68. The van der Waals surface area contributed by atoms with E-state index in [0.717, 1.165) is 20.7 Å². The molecule has 3 rings (SSSR count). The maximum atomic E-state index is 9.02. The lowest BCUT2D eigenvalue weighted by molar-refractivity contribution is 0.268. The second-order valence-electron chi connectivity index (χ2n) is 3.70. The molecule has 0 radical (unpaired) electrons. The molecule has 4 nitrogen and oxygen atoms in total. The van der Waals surface area contributed by atoms with Gasteiger partial charge in [0.2, 0.25) is 0 Å². The topological polar surface area (TPSA) is 63.5 Å². The normalized spacial score (nSPS) is 13.6. The number of thiazole rings is 1. The summed E-state index contributed by atoms with van der Waals surface area (Å²) in [5.41, 5.74) is 7.88. The highest BCUT2D eigenvalue weighted by Gasteiger charge is 2.09. The van der Waals surface area contributed by atoms with Gasteiger partial charge in [-0.05, 0) is 17.7 Å². The maximum Gasteiger partial charge on any atom is 0.194 e. The standard InChI is InChI=1S/C11H11N3OS/c12-8(6-15)7-1-2-9-10(5-7)16-11-13-3-4-14(9)11/h1-5,8,15H,6,12H2. The number of nitrogens with zero attached hydrogens (tertiary/aromatic N) is 2. The van der Waals surface area contributed by atoms with Crippen molar-refractivity contribution in [1.29, 1.82) is 0 Å². The molecule has 1 unspecified atom stereocenters. The lowest BCUT2D eigenvalue weighted by atomic mass is 10.1. The van der Waals surface area contributed by atoms with Crippen LogP contribution in [0.5, 0.6) is 0 Å². The van der Waals surface area contributed by atoms with Crippen molar-refractivity contribution >= 4 is 26.5 Å². The van der Waals surface area contributed by atoms with Gasteiger partial charge in [-0.25, -0.2) is 4.98 Å². The fraction of sp³-hybridized carbons (Fsp3) is 0.182. The van der Waals surface area contributed by atoms with Crippen molar-refractivity contribution in [3.05, 3.63) is 36.2 Å². The summed E-state index contributed by atoms with van der Waals surface area (Å²) >= 11 is 1.63. The predicted molar refractivity (Wildman–Crippen MR) is 64.6 cm³/mol. The largest absolute Gasteiger partial charge is 0.394 e. The van der Waals surface area contributed by atoms with Gasteiger partial charge in [0.05, 0.1) is 22.9 Å². The minimum atomic E-state index is -0.307. The molecule has 0 amide bonds. The molecule has 0 saturated heterocycles. The van der Waals surface area contributed by atoms with E-state index in [2.05, 4.69) is 4.98 Å². The Hall–Kier alpha value is -1.43. The molecule has 0 spiro atoms. The monoisotopic (exact) mass is 233 g/mol. The van der Waals surface area contributed by atoms with Gasteiger partial charge in [0.25, 0.3) is 0 Å². The Balaban J connectivity index is 2.24. The highest BCUT2D eigenvalue weighted by molar-refractivity contribution is 7.23. The van der Waals surface area contributed by atoms with Crippen LogP contribution in [0.25, 0.3) is 15.2 Å². The van der Waals surface area contributed by atoms with Gasteiger partial charge in [-0.1, -0.05) is 17.4 Å². The summed E-state index contributed by atoms with van der Waals surface area (Å²) in [7, 11) is 0. The lowest BCUT2D eigenvalue weighted by Gasteiger charge is -2.07. The summed E-state index contributed by atoms with van der Waals surface area (Å²) in [6, 6.07) is 5.69. The summed E-state index contributed by atoms with van der Waals surface area (Å²) in [6.45, 7) is -0.0337. The Morgan fingerprint density at radius 1 is 1.50 bits per heavy atom. The average molecular weight is 233 g/mol. The smallest absolute Gasteiger partial charge is 0.194 e. The van der Waals surface area contributed by atoms with Crippen LogP contribution in [0.2, 0.25) is 0 Å². The molecule has 0 bridgehead atoms. The highest BCUT2D eigenvalue weighted by Crippen LogP contribution is 2.27. The molecule has 1 atom stereocenters. The van der Waals surface area contributed by atoms with Crippen LogP contribution in [-0.4, -0.2) is 21.1 Å². The van der Waals surface area contributed by atoms with Crippen molar-refractivity contribution in [2.75, 3.05) is 6.61 Å². The predicted octanol–water partition coefficient (Wildman–Crippen LogP) is 1.54. The number of imidazole rings is 1. The molecule has 2 heterocycles. The highest BCUT2D eigenvalue weighted by atomic mass is 32.1. The number of nitrogens with two attached hydrogens (primary N) is 1. The van der Waals surface area contributed by atoms with E-state index in [1.54, 1.807) is 17.5 Å². The molecule has 1 aromatic carbocycles. The third-order valence-corrected chi connectivity index (χ3v) is 3.71. The van der Waals surface area contributed by atoms with Crippen LogP contribution in [0.3, 0.4) is 0 Å². The average Bonchev–Trinajstić information content (AvgIpc) is 2.86. The first-order valence-corrected chi connectivity index (χ1v) is 5.83. The van der Waals surface area contributed by atoms with E-state index >= 15 is 0 Å². The van der Waals surface area contributed by atoms with Crippen molar-refractivity contribution < 1.29 is 5.11 Å². The molecule has 3 N–H and O–H groups in total. The van der Waals surface area contributed by atoms with Crippen molar-refractivity contribution in [1.82, 2.24) is 9.38 Å². The summed E-state index contributed by atoms with van der Waals surface area (Å²) < 4.78 is 3.19. The van der Waals surface area contributed by atoms with Gasteiger partial charge in [0.1, 0.15) is 0 Å². The summed E-state index contributed by atoms with van der Waals surface area (Å²) in [5, 5.41) is 9.02. The molecular formula is C11H11N3OS. The van der Waals surface area contributed by atoms with E-state index in [4.69, 9.17) is 10.8 Å². The summed E-state index contributed by atoms with van der Waals surface area (Å²) in [4.78, 5) is 5.23. The van der Waals surface area contributed by atoms with Crippen LogP contribution in [0.4, 0.5) is 0 Å². The zero-order chi connectivity index (χ0) is 11.1. The second kappa shape index (κ2) is 3.55. The van der Waals surface area contributed by atoms with E-state index in [1.165, 1.54) is 0 Å². The molecular weight excluding hydrogens is 222 g/mol. The Bertz CT molecular complexity index is 643. The minimum absolute atomic E-state index is 0.0337. The maximum absolute atomic E-state index is 9.02. The lowest BCUT2D eigenvalue weighted by Crippen LogP contribution is -2.14. The first-order valence-electron chi connectivity index (χ1n) is 5.01. The van der Waals surface area contributed by atoms with Gasteiger partial charge in [0, 0.05) is 12.4 Å². The van der Waals surface area contributed by atoms with Gasteiger partial charge < -0.3 is 10.8 Å². The number of rotatable bonds is 2. The van der Waals surface area contributed by atoms with Gasteiger partial charge >= 0.3 is 0 Å². The van der Waals surface area contributed by atoms with E-state index in [0.29, 0.717) is 0 Å². The number of aliphatic hydroxyl groups excluding tert-OH is 1. The molecule has 0 saturated carbocycles. The zero-order valence-corrected chi connectivity index (χ0v) is 9.31. The van der Waals surface area contributed by atoms with E-state index in [1.807, 2.05) is 28.8 Å². The fourth-order valence-electron chi connectivity index (χ4n) is 1.79. The zero-order valence-electron chi connectivity index (χ0n) is 8.50. The number of benzene rings is 1. The van der Waals surface area contributed by atoms with Gasteiger partial charge in [-0.2, -0.15) is 0 Å². The number of fused-ring (bicyclic) bond motifs is 3. The molecule has 2 aromatic heterocycles. The Morgan fingerprint density at radius 2 is 2.38 bits per heavy atom. The molecule has 0 aliphatic rings. The van der Waals surface area contributed by atoms with Gasteiger partial charge in [0.15, 0.2) is 4.96 Å². The first kappa shape index (κ1) is 9.77. The van der Waals surface area contributed by atoms with Crippen LogP contribution in [0.1, 0.15) is 11.6 Å². The summed E-state index contributed by atoms with van der Waals surface area (Å²) in [6.07, 6.45) is 3.73. The molecule has 0 aliphatic carbocycles. The van der Waals surface area contributed by atoms with Crippen LogP contribution < -0.4 is 5.73 Å². The Labute approximate surface area is 96.0 Å². The molecule has 16 heavy (non-hydrogen) atoms. The molecule has 0 fully saturated rings. The number of aromatic nitrogens is 2. The number of hydrogen-bond acceptors (Lipinski definition) is 4. The fourth-order valence-corrected chi connectivity index (χ4v) is 2.83. The quantitative estimate of drug-likeness (QED) is 0.705. The minimum Gasteiger partial charge on any atom is -0.394 e. The third kappa shape index (κ3) is 1.33. The molecule has 3 aromatic rings. The molecule has 5 heteroatoms. The van der Waals surface area contributed by atoms with Crippen LogP contribution >= 0.6 is 11.3 Å². The number of aliphatic hydroxyl groups is 1. The first-order chi connectivity index (χ1) is 7.79. The van der Waals surface area contributed by atoms with Crippen LogP contribution in [0, 0.1) is 0 Å². The van der Waals surface area contributed by atoms with E-state index in [9.17, 15) is 0 Å².